The summed E-state index contributed by atoms with van der Waals surface area (Å²) < 4.78 is 5.28. The molecule has 0 fully saturated rings. The first-order valence-corrected chi connectivity index (χ1v) is 4.87. The maximum Gasteiger partial charge on any atom is 0.311 e. The molecule has 1 aromatic carbocycles. The summed E-state index contributed by atoms with van der Waals surface area (Å²) in [4.78, 5) is 17.7. The van der Waals surface area contributed by atoms with Crippen LogP contribution in [0.5, 0.6) is 11.6 Å². The van der Waals surface area contributed by atoms with Crippen LogP contribution >= 0.6 is 0 Å². The number of hydrogen-bond acceptors (Lipinski definition) is 7. The van der Waals surface area contributed by atoms with E-state index in [0.29, 0.717) is 0 Å². The van der Waals surface area contributed by atoms with Gasteiger partial charge in [0.15, 0.2) is 0 Å². The number of nitrogen functional groups attached to an aromatic ring is 2. The minimum Gasteiger partial charge on any atom is -0.432 e. The molecule has 0 saturated carbocycles. The maximum absolute atomic E-state index is 10.8. The highest BCUT2D eigenvalue weighted by Gasteiger charge is 2.15. The van der Waals surface area contributed by atoms with E-state index in [9.17, 15) is 10.1 Å². The third kappa shape index (κ3) is 2.43. The smallest absolute Gasteiger partial charge is 0.311 e. The Labute approximate surface area is 101 Å². The highest BCUT2D eigenvalue weighted by atomic mass is 16.6. The molecule has 8 heteroatoms. The monoisotopic (exact) mass is 247 g/mol. The minimum absolute atomic E-state index is 0.0503. The molecule has 2 aromatic rings. The van der Waals surface area contributed by atoms with Crippen LogP contribution in [0.2, 0.25) is 0 Å². The standard InChI is InChI=1S/C10H9N5O3/c11-8-5-9(14-10(12)13-8)18-7-4-2-1-3-6(7)15(16)17/h1-5H,(H4,11,12,13,14). The third-order valence-corrected chi connectivity index (χ3v) is 2.02. The molecule has 2 rings (SSSR count). The number of para-hydroxylation sites is 2. The van der Waals surface area contributed by atoms with E-state index >= 15 is 0 Å². The van der Waals surface area contributed by atoms with E-state index in [1.807, 2.05) is 0 Å². The van der Waals surface area contributed by atoms with Gasteiger partial charge in [-0.25, -0.2) is 0 Å². The van der Waals surface area contributed by atoms with E-state index in [-0.39, 0.29) is 29.1 Å². The fourth-order valence-electron chi connectivity index (χ4n) is 1.32. The number of anilines is 2. The molecule has 4 N–H and O–H groups in total. The summed E-state index contributed by atoms with van der Waals surface area (Å²) in [7, 11) is 0. The number of benzene rings is 1. The number of nitrogens with zero attached hydrogens (tertiary/aromatic N) is 3. The quantitative estimate of drug-likeness (QED) is 0.618. The summed E-state index contributed by atoms with van der Waals surface area (Å²) in [5.74, 6) is 0.161. The Kier molecular flexibility index (Phi) is 2.92. The maximum atomic E-state index is 10.8. The lowest BCUT2D eigenvalue weighted by Crippen LogP contribution is -2.01. The van der Waals surface area contributed by atoms with Gasteiger partial charge in [0.05, 0.1) is 4.92 Å². The molecule has 8 nitrogen and oxygen atoms in total. The van der Waals surface area contributed by atoms with Gasteiger partial charge in [-0.15, -0.1) is 0 Å². The molecule has 1 heterocycles. The fraction of sp³-hybridized carbons (Fsp3) is 0. The zero-order valence-electron chi connectivity index (χ0n) is 9.11. The summed E-state index contributed by atoms with van der Waals surface area (Å²) in [6.07, 6.45) is 0. The number of hydrogen-bond donors (Lipinski definition) is 2. The number of nitro groups is 1. The zero-order chi connectivity index (χ0) is 13.1. The van der Waals surface area contributed by atoms with E-state index in [4.69, 9.17) is 16.2 Å². The van der Waals surface area contributed by atoms with Crippen LogP contribution in [0.15, 0.2) is 30.3 Å². The molecule has 0 bridgehead atoms. The average Bonchev–Trinajstić information content (AvgIpc) is 2.27. The molecule has 0 atom stereocenters. The summed E-state index contributed by atoms with van der Waals surface area (Å²) in [6.45, 7) is 0. The second kappa shape index (κ2) is 4.53. The minimum atomic E-state index is -0.552. The van der Waals surface area contributed by atoms with E-state index in [0.717, 1.165) is 0 Å². The Balaban J connectivity index is 2.37. The van der Waals surface area contributed by atoms with Crippen molar-refractivity contribution in [2.45, 2.75) is 0 Å². The number of rotatable bonds is 3. The summed E-state index contributed by atoms with van der Waals surface area (Å²) >= 11 is 0. The van der Waals surface area contributed by atoms with Crippen LogP contribution in [0.4, 0.5) is 17.5 Å². The van der Waals surface area contributed by atoms with Gasteiger partial charge in [0, 0.05) is 12.1 Å². The molecule has 0 aliphatic carbocycles. The number of aromatic nitrogens is 2. The number of ether oxygens (including phenoxy) is 1. The van der Waals surface area contributed by atoms with Crippen molar-refractivity contribution in [3.05, 3.63) is 40.4 Å². The lowest BCUT2D eigenvalue weighted by Gasteiger charge is -2.05. The molecule has 0 aliphatic heterocycles. The van der Waals surface area contributed by atoms with Gasteiger partial charge in [0.25, 0.3) is 0 Å². The van der Waals surface area contributed by atoms with Crippen molar-refractivity contribution >= 4 is 17.5 Å². The first-order chi connectivity index (χ1) is 8.56. The first-order valence-electron chi connectivity index (χ1n) is 4.87. The molecule has 18 heavy (non-hydrogen) atoms. The van der Waals surface area contributed by atoms with Crippen LogP contribution in [0.1, 0.15) is 0 Å². The van der Waals surface area contributed by atoms with Crippen LogP contribution in [0.3, 0.4) is 0 Å². The SMILES string of the molecule is Nc1cc(Oc2ccccc2[N+](=O)[O-])nc(N)n1. The van der Waals surface area contributed by atoms with Gasteiger partial charge in [0.1, 0.15) is 5.82 Å². The molecule has 0 saturated heterocycles. The van der Waals surface area contributed by atoms with Gasteiger partial charge in [-0.1, -0.05) is 12.1 Å². The Bertz CT molecular complexity index is 582. The second-order valence-corrected chi connectivity index (χ2v) is 3.32. The van der Waals surface area contributed by atoms with Gasteiger partial charge >= 0.3 is 5.69 Å². The van der Waals surface area contributed by atoms with E-state index in [2.05, 4.69) is 9.97 Å². The van der Waals surface area contributed by atoms with Crippen molar-refractivity contribution in [3.63, 3.8) is 0 Å². The topological polar surface area (TPSA) is 130 Å². The van der Waals surface area contributed by atoms with Crippen LogP contribution in [0, 0.1) is 10.1 Å². The molecule has 0 spiro atoms. The van der Waals surface area contributed by atoms with Crippen molar-refractivity contribution in [2.75, 3.05) is 11.5 Å². The average molecular weight is 247 g/mol. The first kappa shape index (κ1) is 11.6. The van der Waals surface area contributed by atoms with Crippen molar-refractivity contribution in [1.82, 2.24) is 9.97 Å². The Hall–Kier alpha value is -2.90. The van der Waals surface area contributed by atoms with E-state index in [1.54, 1.807) is 6.07 Å². The summed E-state index contributed by atoms with van der Waals surface area (Å²) in [5, 5.41) is 10.8. The normalized spacial score (nSPS) is 10.0. The fourth-order valence-corrected chi connectivity index (χ4v) is 1.32. The highest BCUT2D eigenvalue weighted by Crippen LogP contribution is 2.30. The summed E-state index contributed by atoms with van der Waals surface area (Å²) in [6, 6.07) is 7.24. The van der Waals surface area contributed by atoms with Crippen molar-refractivity contribution in [3.8, 4) is 11.6 Å². The van der Waals surface area contributed by atoms with Crippen molar-refractivity contribution < 1.29 is 9.66 Å². The molecule has 1 aromatic heterocycles. The van der Waals surface area contributed by atoms with Gasteiger partial charge in [-0.05, 0) is 6.07 Å². The Morgan fingerprint density at radius 2 is 1.94 bits per heavy atom. The van der Waals surface area contributed by atoms with Crippen molar-refractivity contribution in [2.24, 2.45) is 0 Å². The lowest BCUT2D eigenvalue weighted by molar-refractivity contribution is -0.385. The van der Waals surface area contributed by atoms with Crippen LogP contribution in [-0.4, -0.2) is 14.9 Å². The van der Waals surface area contributed by atoms with Gasteiger partial charge < -0.3 is 16.2 Å². The second-order valence-electron chi connectivity index (χ2n) is 3.32. The molecular formula is C10H9N5O3. The molecule has 0 amide bonds. The van der Waals surface area contributed by atoms with Gasteiger partial charge in [-0.2, -0.15) is 9.97 Å². The van der Waals surface area contributed by atoms with Gasteiger partial charge in [-0.3, -0.25) is 10.1 Å². The van der Waals surface area contributed by atoms with Crippen LogP contribution < -0.4 is 16.2 Å². The molecular weight excluding hydrogens is 238 g/mol. The predicted octanol–water partition coefficient (Wildman–Crippen LogP) is 1.34. The highest BCUT2D eigenvalue weighted by molar-refractivity contribution is 5.48. The Morgan fingerprint density at radius 1 is 1.22 bits per heavy atom. The largest absolute Gasteiger partial charge is 0.432 e. The molecule has 0 aliphatic rings. The number of nitro benzene ring substituents is 1. The number of nitrogens with two attached hydrogens (primary N) is 2. The van der Waals surface area contributed by atoms with Crippen LogP contribution in [-0.2, 0) is 0 Å². The molecule has 0 unspecified atom stereocenters. The molecule has 92 valence electrons. The van der Waals surface area contributed by atoms with E-state index in [1.165, 1.54) is 24.3 Å². The lowest BCUT2D eigenvalue weighted by atomic mass is 10.3. The van der Waals surface area contributed by atoms with Crippen molar-refractivity contribution in [1.29, 1.82) is 0 Å². The third-order valence-electron chi connectivity index (χ3n) is 2.02. The molecule has 0 radical (unpaired) electrons. The summed E-state index contributed by atoms with van der Waals surface area (Å²) in [5.41, 5.74) is 10.7. The van der Waals surface area contributed by atoms with Crippen LogP contribution in [0.25, 0.3) is 0 Å². The zero-order valence-corrected chi connectivity index (χ0v) is 9.11. The van der Waals surface area contributed by atoms with Gasteiger partial charge in [0.2, 0.25) is 17.6 Å². The van der Waals surface area contributed by atoms with E-state index < -0.39 is 4.92 Å². The predicted molar refractivity (Wildman–Crippen MR) is 64.0 cm³/mol. The Morgan fingerprint density at radius 3 is 2.61 bits per heavy atom.